The fourth-order valence-electron chi connectivity index (χ4n) is 2.37. The van der Waals surface area contributed by atoms with Crippen LogP contribution in [0.2, 0.25) is 0 Å². The van der Waals surface area contributed by atoms with Crippen LogP contribution >= 0.6 is 0 Å². The van der Waals surface area contributed by atoms with E-state index in [4.69, 9.17) is 10.5 Å². The van der Waals surface area contributed by atoms with Crippen molar-refractivity contribution in [3.05, 3.63) is 54.1 Å². The van der Waals surface area contributed by atoms with Crippen molar-refractivity contribution in [1.29, 1.82) is 0 Å². The smallest absolute Gasteiger partial charge is 0.144 e. The standard InChI is InChI=1S/C18H24N2O/c1-3-12-20(14-15-8-6-5-7-9-15)16-10-11-17(19)18(13-16)21-4-2/h5-11,13H,3-4,12,14,19H2,1-2H3. The van der Waals surface area contributed by atoms with E-state index in [1.165, 1.54) is 5.56 Å². The quantitative estimate of drug-likeness (QED) is 0.778. The maximum Gasteiger partial charge on any atom is 0.144 e. The van der Waals surface area contributed by atoms with Gasteiger partial charge in [-0.3, -0.25) is 0 Å². The largest absolute Gasteiger partial charge is 0.492 e. The third kappa shape index (κ3) is 4.15. The first kappa shape index (κ1) is 15.2. The zero-order valence-electron chi connectivity index (χ0n) is 12.9. The highest BCUT2D eigenvalue weighted by Crippen LogP contribution is 2.28. The SMILES string of the molecule is CCCN(Cc1ccccc1)c1ccc(N)c(OCC)c1. The maximum absolute atomic E-state index is 5.96. The van der Waals surface area contributed by atoms with Gasteiger partial charge in [-0.2, -0.15) is 0 Å². The van der Waals surface area contributed by atoms with E-state index in [-0.39, 0.29) is 0 Å². The Hall–Kier alpha value is -2.16. The molecule has 0 spiro atoms. The third-order valence-corrected chi connectivity index (χ3v) is 3.37. The molecule has 0 fully saturated rings. The van der Waals surface area contributed by atoms with Gasteiger partial charge in [-0.25, -0.2) is 0 Å². The van der Waals surface area contributed by atoms with Crippen LogP contribution < -0.4 is 15.4 Å². The van der Waals surface area contributed by atoms with E-state index in [1.807, 2.05) is 25.1 Å². The molecular formula is C18H24N2O. The minimum atomic E-state index is 0.625. The van der Waals surface area contributed by atoms with Crippen LogP contribution in [0, 0.1) is 0 Å². The van der Waals surface area contributed by atoms with Crippen molar-refractivity contribution in [2.75, 3.05) is 23.8 Å². The lowest BCUT2D eigenvalue weighted by Gasteiger charge is -2.25. The average Bonchev–Trinajstić information content (AvgIpc) is 2.50. The second-order valence-corrected chi connectivity index (χ2v) is 5.06. The van der Waals surface area contributed by atoms with E-state index in [1.54, 1.807) is 0 Å². The Kier molecular flexibility index (Phi) is 5.50. The van der Waals surface area contributed by atoms with Gasteiger partial charge in [0.05, 0.1) is 12.3 Å². The van der Waals surface area contributed by atoms with E-state index in [2.05, 4.69) is 42.2 Å². The molecule has 21 heavy (non-hydrogen) atoms. The number of hydrogen-bond acceptors (Lipinski definition) is 3. The van der Waals surface area contributed by atoms with Gasteiger partial charge >= 0.3 is 0 Å². The molecule has 0 saturated carbocycles. The van der Waals surface area contributed by atoms with Crippen molar-refractivity contribution in [2.24, 2.45) is 0 Å². The number of ether oxygens (including phenoxy) is 1. The molecule has 2 rings (SSSR count). The number of benzene rings is 2. The van der Waals surface area contributed by atoms with Crippen molar-refractivity contribution in [2.45, 2.75) is 26.8 Å². The molecule has 0 heterocycles. The number of hydrogen-bond donors (Lipinski definition) is 1. The Morgan fingerprint density at radius 2 is 1.81 bits per heavy atom. The number of nitrogens with two attached hydrogens (primary N) is 1. The summed E-state index contributed by atoms with van der Waals surface area (Å²) in [6.45, 7) is 6.69. The van der Waals surface area contributed by atoms with Gasteiger partial charge in [-0.05, 0) is 31.0 Å². The van der Waals surface area contributed by atoms with Gasteiger partial charge in [0.2, 0.25) is 0 Å². The predicted molar refractivity (Wildman–Crippen MR) is 89.8 cm³/mol. The van der Waals surface area contributed by atoms with Gasteiger partial charge in [0.25, 0.3) is 0 Å². The summed E-state index contributed by atoms with van der Waals surface area (Å²) in [5.41, 5.74) is 9.11. The Balaban J connectivity index is 2.23. The van der Waals surface area contributed by atoms with Crippen LogP contribution in [0.3, 0.4) is 0 Å². The highest BCUT2D eigenvalue weighted by molar-refractivity contribution is 5.62. The van der Waals surface area contributed by atoms with E-state index in [0.29, 0.717) is 12.3 Å². The molecule has 3 nitrogen and oxygen atoms in total. The first-order valence-electron chi connectivity index (χ1n) is 7.55. The Bertz CT molecular complexity index is 554. The van der Waals surface area contributed by atoms with Crippen LogP contribution in [0.25, 0.3) is 0 Å². The molecule has 0 saturated heterocycles. The zero-order chi connectivity index (χ0) is 15.1. The minimum Gasteiger partial charge on any atom is -0.492 e. The van der Waals surface area contributed by atoms with Crippen LogP contribution in [0.1, 0.15) is 25.8 Å². The molecule has 0 atom stereocenters. The van der Waals surface area contributed by atoms with Crippen molar-refractivity contribution in [1.82, 2.24) is 0 Å². The summed E-state index contributed by atoms with van der Waals surface area (Å²) in [7, 11) is 0. The van der Waals surface area contributed by atoms with Gasteiger partial charge in [0, 0.05) is 24.8 Å². The summed E-state index contributed by atoms with van der Waals surface area (Å²) in [4.78, 5) is 2.36. The molecule has 0 amide bonds. The molecule has 0 radical (unpaired) electrons. The van der Waals surface area contributed by atoms with Crippen LogP contribution in [0.4, 0.5) is 11.4 Å². The van der Waals surface area contributed by atoms with Crippen LogP contribution in [0.15, 0.2) is 48.5 Å². The topological polar surface area (TPSA) is 38.5 Å². The highest BCUT2D eigenvalue weighted by atomic mass is 16.5. The van der Waals surface area contributed by atoms with Gasteiger partial charge in [-0.1, -0.05) is 37.3 Å². The molecule has 0 aromatic heterocycles. The van der Waals surface area contributed by atoms with Crippen molar-refractivity contribution in [3.8, 4) is 5.75 Å². The van der Waals surface area contributed by atoms with Gasteiger partial charge in [0.1, 0.15) is 5.75 Å². The fraction of sp³-hybridized carbons (Fsp3) is 0.333. The molecule has 0 aliphatic carbocycles. The Morgan fingerprint density at radius 3 is 2.48 bits per heavy atom. The molecule has 112 valence electrons. The molecular weight excluding hydrogens is 260 g/mol. The predicted octanol–water partition coefficient (Wildman–Crippen LogP) is 4.08. The number of anilines is 2. The lowest BCUT2D eigenvalue weighted by atomic mass is 10.1. The second-order valence-electron chi connectivity index (χ2n) is 5.06. The molecule has 0 aliphatic heterocycles. The fourth-order valence-corrected chi connectivity index (χ4v) is 2.37. The molecule has 3 heteroatoms. The summed E-state index contributed by atoms with van der Waals surface area (Å²) < 4.78 is 5.60. The van der Waals surface area contributed by atoms with Gasteiger partial charge in [-0.15, -0.1) is 0 Å². The van der Waals surface area contributed by atoms with E-state index in [0.717, 1.165) is 30.9 Å². The van der Waals surface area contributed by atoms with Crippen molar-refractivity contribution in [3.63, 3.8) is 0 Å². The van der Waals surface area contributed by atoms with E-state index < -0.39 is 0 Å². The minimum absolute atomic E-state index is 0.625. The average molecular weight is 284 g/mol. The third-order valence-electron chi connectivity index (χ3n) is 3.37. The van der Waals surface area contributed by atoms with E-state index >= 15 is 0 Å². The van der Waals surface area contributed by atoms with Crippen LogP contribution in [-0.2, 0) is 6.54 Å². The maximum atomic E-state index is 5.96. The van der Waals surface area contributed by atoms with Crippen molar-refractivity contribution < 1.29 is 4.74 Å². The molecule has 2 aromatic carbocycles. The monoisotopic (exact) mass is 284 g/mol. The number of nitrogen functional groups attached to an aromatic ring is 1. The Morgan fingerprint density at radius 1 is 1.05 bits per heavy atom. The second kappa shape index (κ2) is 7.58. The number of nitrogens with zero attached hydrogens (tertiary/aromatic N) is 1. The van der Waals surface area contributed by atoms with Gasteiger partial charge < -0.3 is 15.4 Å². The zero-order valence-corrected chi connectivity index (χ0v) is 12.9. The summed E-state index contributed by atoms with van der Waals surface area (Å²) in [5.74, 6) is 0.768. The lowest BCUT2D eigenvalue weighted by molar-refractivity contribution is 0.342. The first-order chi connectivity index (χ1) is 10.2. The van der Waals surface area contributed by atoms with Crippen LogP contribution in [0.5, 0.6) is 5.75 Å². The molecule has 2 aromatic rings. The molecule has 0 bridgehead atoms. The van der Waals surface area contributed by atoms with Crippen molar-refractivity contribution >= 4 is 11.4 Å². The lowest BCUT2D eigenvalue weighted by Crippen LogP contribution is -2.23. The summed E-state index contributed by atoms with van der Waals surface area (Å²) in [6.07, 6.45) is 1.10. The van der Waals surface area contributed by atoms with Gasteiger partial charge in [0.15, 0.2) is 0 Å². The van der Waals surface area contributed by atoms with E-state index in [9.17, 15) is 0 Å². The molecule has 2 N–H and O–H groups in total. The Labute approximate surface area is 127 Å². The number of rotatable bonds is 7. The normalized spacial score (nSPS) is 10.4. The summed E-state index contributed by atoms with van der Waals surface area (Å²) >= 11 is 0. The first-order valence-corrected chi connectivity index (χ1v) is 7.55. The molecule has 0 unspecified atom stereocenters. The van der Waals surface area contributed by atoms with Crippen LogP contribution in [-0.4, -0.2) is 13.2 Å². The molecule has 0 aliphatic rings. The summed E-state index contributed by atoms with van der Waals surface area (Å²) in [6, 6.07) is 16.5. The summed E-state index contributed by atoms with van der Waals surface area (Å²) in [5, 5.41) is 0. The highest BCUT2D eigenvalue weighted by Gasteiger charge is 2.09.